The van der Waals surface area contributed by atoms with Gasteiger partial charge in [-0.2, -0.15) is 0 Å². The molecule has 0 aromatic rings. The van der Waals surface area contributed by atoms with E-state index in [2.05, 4.69) is 5.32 Å². The molecule has 5 atom stereocenters. The maximum absolute atomic E-state index is 12.4. The zero-order chi connectivity index (χ0) is 14.8. The summed E-state index contributed by atoms with van der Waals surface area (Å²) in [5.41, 5.74) is -0.784. The van der Waals surface area contributed by atoms with Crippen LogP contribution in [-0.4, -0.2) is 41.1 Å². The second kappa shape index (κ2) is 4.37. The summed E-state index contributed by atoms with van der Waals surface area (Å²) in [6.07, 6.45) is 5.50. The maximum atomic E-state index is 12.4. The highest BCUT2D eigenvalue weighted by atomic mass is 16.4. The van der Waals surface area contributed by atoms with Crippen LogP contribution in [0.2, 0.25) is 0 Å². The number of carboxylic acid groups (broad SMARTS) is 1. The van der Waals surface area contributed by atoms with Crippen LogP contribution in [0.5, 0.6) is 0 Å². The van der Waals surface area contributed by atoms with Crippen LogP contribution in [-0.2, 0) is 4.79 Å². The second-order valence-corrected chi connectivity index (χ2v) is 7.85. The highest BCUT2D eigenvalue weighted by molar-refractivity contribution is 5.79. The van der Waals surface area contributed by atoms with Crippen LogP contribution in [0.1, 0.15) is 39.0 Å². The van der Waals surface area contributed by atoms with E-state index in [4.69, 9.17) is 0 Å². The number of urea groups is 1. The Morgan fingerprint density at radius 1 is 1.24 bits per heavy atom. The first-order valence-electron chi connectivity index (χ1n) is 8.28. The molecule has 1 heterocycles. The topological polar surface area (TPSA) is 69.6 Å². The monoisotopic (exact) mass is 292 g/mol. The molecule has 1 saturated heterocycles. The molecule has 5 nitrogen and oxygen atoms in total. The van der Waals surface area contributed by atoms with Crippen molar-refractivity contribution in [1.29, 1.82) is 0 Å². The molecule has 5 unspecified atom stereocenters. The van der Waals surface area contributed by atoms with E-state index < -0.39 is 11.4 Å². The van der Waals surface area contributed by atoms with Gasteiger partial charge in [0.25, 0.3) is 0 Å². The lowest BCUT2D eigenvalue weighted by molar-refractivity contribution is -0.150. The van der Waals surface area contributed by atoms with E-state index in [1.807, 2.05) is 0 Å². The summed E-state index contributed by atoms with van der Waals surface area (Å²) in [5.74, 6) is 2.35. The SMILES string of the molecule is CC1(C(=O)O)CCCN(C(=O)NC2C3C4CCC(C4)C23)C1. The first-order chi connectivity index (χ1) is 9.99. The Labute approximate surface area is 125 Å². The molecule has 21 heavy (non-hydrogen) atoms. The van der Waals surface area contributed by atoms with Gasteiger partial charge in [-0.05, 0) is 62.7 Å². The fraction of sp³-hybridized carbons (Fsp3) is 0.875. The van der Waals surface area contributed by atoms with Crippen LogP contribution in [0.25, 0.3) is 0 Å². The van der Waals surface area contributed by atoms with Gasteiger partial charge in [0.1, 0.15) is 0 Å². The fourth-order valence-corrected chi connectivity index (χ4v) is 5.34. The van der Waals surface area contributed by atoms with Gasteiger partial charge in [-0.1, -0.05) is 0 Å². The van der Waals surface area contributed by atoms with Gasteiger partial charge in [0.05, 0.1) is 5.41 Å². The molecule has 0 aromatic heterocycles. The van der Waals surface area contributed by atoms with Crippen molar-refractivity contribution in [3.05, 3.63) is 0 Å². The lowest BCUT2D eigenvalue weighted by atomic mass is 9.82. The van der Waals surface area contributed by atoms with E-state index in [9.17, 15) is 14.7 Å². The zero-order valence-electron chi connectivity index (χ0n) is 12.5. The smallest absolute Gasteiger partial charge is 0.317 e. The van der Waals surface area contributed by atoms with Gasteiger partial charge in [-0.25, -0.2) is 4.79 Å². The first-order valence-corrected chi connectivity index (χ1v) is 8.28. The lowest BCUT2D eigenvalue weighted by Gasteiger charge is -2.37. The molecule has 116 valence electrons. The molecular weight excluding hydrogens is 268 g/mol. The number of hydrogen-bond acceptors (Lipinski definition) is 2. The minimum atomic E-state index is -0.790. The third kappa shape index (κ3) is 1.96. The summed E-state index contributed by atoms with van der Waals surface area (Å²) in [6.45, 7) is 2.77. The second-order valence-electron chi connectivity index (χ2n) is 7.85. The summed E-state index contributed by atoms with van der Waals surface area (Å²) in [6, 6.07) is 0.336. The van der Waals surface area contributed by atoms with E-state index in [0.29, 0.717) is 25.6 Å². The summed E-state index contributed by atoms with van der Waals surface area (Å²) >= 11 is 0. The molecule has 3 saturated carbocycles. The molecule has 0 aromatic carbocycles. The number of nitrogens with zero attached hydrogens (tertiary/aromatic N) is 1. The lowest BCUT2D eigenvalue weighted by Crippen LogP contribution is -2.52. The van der Waals surface area contributed by atoms with Crippen LogP contribution in [0.15, 0.2) is 0 Å². The Morgan fingerprint density at radius 2 is 1.90 bits per heavy atom. The third-order valence-corrected chi connectivity index (χ3v) is 6.53. The van der Waals surface area contributed by atoms with Gasteiger partial charge in [0.15, 0.2) is 0 Å². The molecule has 1 aliphatic heterocycles. The Morgan fingerprint density at radius 3 is 2.52 bits per heavy atom. The third-order valence-electron chi connectivity index (χ3n) is 6.53. The molecule has 0 spiro atoms. The Bertz CT molecular complexity index is 478. The number of hydrogen-bond donors (Lipinski definition) is 2. The number of carboxylic acids is 1. The van der Waals surface area contributed by atoms with Gasteiger partial charge in [0.2, 0.25) is 0 Å². The zero-order valence-corrected chi connectivity index (χ0v) is 12.5. The molecular formula is C16H24N2O3. The van der Waals surface area contributed by atoms with Crippen molar-refractivity contribution in [3.8, 4) is 0 Å². The van der Waals surface area contributed by atoms with Crippen molar-refractivity contribution in [2.75, 3.05) is 13.1 Å². The molecule has 2 N–H and O–H groups in total. The average molecular weight is 292 g/mol. The molecule has 3 aliphatic carbocycles. The molecule has 2 bridgehead atoms. The Hall–Kier alpha value is -1.26. The molecule has 0 radical (unpaired) electrons. The largest absolute Gasteiger partial charge is 0.481 e. The molecule has 4 rings (SSSR count). The predicted octanol–water partition coefficient (Wildman–Crippen LogP) is 1.93. The van der Waals surface area contributed by atoms with Gasteiger partial charge >= 0.3 is 12.0 Å². The van der Waals surface area contributed by atoms with Crippen molar-refractivity contribution >= 4 is 12.0 Å². The minimum absolute atomic E-state index is 0.0408. The number of fused-ring (bicyclic) bond motifs is 5. The number of nitrogens with one attached hydrogen (secondary N) is 1. The van der Waals surface area contributed by atoms with E-state index >= 15 is 0 Å². The van der Waals surface area contributed by atoms with Crippen molar-refractivity contribution in [3.63, 3.8) is 0 Å². The summed E-state index contributed by atoms with van der Waals surface area (Å²) in [7, 11) is 0. The predicted molar refractivity (Wildman–Crippen MR) is 76.7 cm³/mol. The molecule has 5 heteroatoms. The van der Waals surface area contributed by atoms with Crippen molar-refractivity contribution in [1.82, 2.24) is 10.2 Å². The van der Waals surface area contributed by atoms with Crippen LogP contribution in [0, 0.1) is 29.1 Å². The average Bonchev–Trinajstić information content (AvgIpc) is 2.83. The van der Waals surface area contributed by atoms with Gasteiger partial charge in [-0.15, -0.1) is 0 Å². The van der Waals surface area contributed by atoms with Crippen LogP contribution >= 0.6 is 0 Å². The number of amides is 2. The summed E-state index contributed by atoms with van der Waals surface area (Å²) in [5, 5.41) is 12.5. The van der Waals surface area contributed by atoms with Crippen molar-refractivity contribution in [2.24, 2.45) is 29.1 Å². The minimum Gasteiger partial charge on any atom is -0.481 e. The normalized spacial score (nSPS) is 47.1. The van der Waals surface area contributed by atoms with Crippen LogP contribution in [0.4, 0.5) is 4.79 Å². The van der Waals surface area contributed by atoms with Gasteiger partial charge in [-0.3, -0.25) is 4.79 Å². The maximum Gasteiger partial charge on any atom is 0.317 e. The van der Waals surface area contributed by atoms with Crippen LogP contribution in [0.3, 0.4) is 0 Å². The van der Waals surface area contributed by atoms with Crippen molar-refractivity contribution in [2.45, 2.75) is 45.1 Å². The number of likely N-dealkylation sites (tertiary alicyclic amines) is 1. The standard InChI is InChI=1S/C16H24N2O3/c1-16(14(19)20)5-2-6-18(8-16)15(21)17-13-11-9-3-4-10(7-9)12(11)13/h9-13H,2-8H2,1H3,(H,17,21)(H,19,20). The number of carbonyl (C=O) groups excluding carboxylic acids is 1. The van der Waals surface area contributed by atoms with E-state index in [-0.39, 0.29) is 6.03 Å². The van der Waals surface area contributed by atoms with Gasteiger partial charge in [0, 0.05) is 19.1 Å². The number of piperidine rings is 1. The Kier molecular flexibility index (Phi) is 2.79. The summed E-state index contributed by atoms with van der Waals surface area (Å²) in [4.78, 5) is 25.5. The van der Waals surface area contributed by atoms with Crippen molar-refractivity contribution < 1.29 is 14.7 Å². The number of aliphatic carboxylic acids is 1. The highest BCUT2D eigenvalue weighted by Gasteiger charge is 2.65. The quantitative estimate of drug-likeness (QED) is 0.817. The molecule has 4 aliphatic rings. The Balaban J connectivity index is 1.37. The highest BCUT2D eigenvalue weighted by Crippen LogP contribution is 2.65. The van der Waals surface area contributed by atoms with E-state index in [0.717, 1.165) is 30.1 Å². The number of rotatable bonds is 2. The van der Waals surface area contributed by atoms with Crippen LogP contribution < -0.4 is 5.32 Å². The van der Waals surface area contributed by atoms with Gasteiger partial charge < -0.3 is 15.3 Å². The van der Waals surface area contributed by atoms with E-state index in [1.165, 1.54) is 19.3 Å². The first kappa shape index (κ1) is 13.4. The molecule has 4 fully saturated rings. The number of carbonyl (C=O) groups is 2. The summed E-state index contributed by atoms with van der Waals surface area (Å²) < 4.78 is 0. The fourth-order valence-electron chi connectivity index (χ4n) is 5.34. The molecule has 2 amide bonds. The van der Waals surface area contributed by atoms with E-state index in [1.54, 1.807) is 11.8 Å².